The van der Waals surface area contributed by atoms with Gasteiger partial charge in [-0.1, -0.05) is 12.1 Å². The molecule has 0 radical (unpaired) electrons. The Bertz CT molecular complexity index is 882. The SMILES string of the molecule is CN(C)CCCN1CCC(NC(=O)c2ccc(COc3ccc(C(F)(F)F)cc3)cc2)CC1.Cl. The molecule has 1 heterocycles. The van der Waals surface area contributed by atoms with Crippen molar-refractivity contribution in [2.24, 2.45) is 0 Å². The van der Waals surface area contributed by atoms with Crippen LogP contribution in [0.1, 0.15) is 40.7 Å². The van der Waals surface area contributed by atoms with E-state index in [4.69, 9.17) is 4.74 Å². The molecule has 0 spiro atoms. The Kier molecular flexibility index (Phi) is 10.7. The van der Waals surface area contributed by atoms with Gasteiger partial charge in [-0.15, -0.1) is 12.4 Å². The van der Waals surface area contributed by atoms with Crippen molar-refractivity contribution in [3.05, 3.63) is 65.2 Å². The third kappa shape index (κ3) is 8.81. The lowest BCUT2D eigenvalue weighted by molar-refractivity contribution is -0.137. The van der Waals surface area contributed by atoms with E-state index in [1.807, 2.05) is 0 Å². The van der Waals surface area contributed by atoms with E-state index in [1.165, 1.54) is 12.1 Å². The number of nitrogens with one attached hydrogen (secondary N) is 1. The van der Waals surface area contributed by atoms with E-state index in [0.717, 1.165) is 63.1 Å². The minimum absolute atomic E-state index is 0. The molecule has 0 bridgehead atoms. The summed E-state index contributed by atoms with van der Waals surface area (Å²) in [6.45, 7) is 4.38. The van der Waals surface area contributed by atoms with E-state index in [0.29, 0.717) is 11.3 Å². The normalized spacial score (nSPS) is 15.1. The standard InChI is InChI=1S/C25H32F3N3O2.ClH/c1-30(2)14-3-15-31-16-12-22(13-17-31)29-24(32)20-6-4-19(5-7-20)18-33-23-10-8-21(9-11-23)25(26,27)28;/h4-11,22H,3,12-18H2,1-2H3,(H,29,32);1H. The van der Waals surface area contributed by atoms with Gasteiger partial charge in [-0.2, -0.15) is 13.2 Å². The molecule has 2 aromatic rings. The minimum atomic E-state index is -4.36. The Morgan fingerprint density at radius 1 is 1.06 bits per heavy atom. The summed E-state index contributed by atoms with van der Waals surface area (Å²) in [5.74, 6) is 0.272. The molecule has 1 aliphatic rings. The second kappa shape index (κ2) is 13.0. The van der Waals surface area contributed by atoms with Crippen molar-refractivity contribution in [3.8, 4) is 5.75 Å². The molecule has 9 heteroatoms. The van der Waals surface area contributed by atoms with Gasteiger partial charge in [0, 0.05) is 24.7 Å². The van der Waals surface area contributed by atoms with E-state index in [9.17, 15) is 18.0 Å². The van der Waals surface area contributed by atoms with Gasteiger partial charge in [-0.25, -0.2) is 0 Å². The topological polar surface area (TPSA) is 44.8 Å². The van der Waals surface area contributed by atoms with E-state index in [1.54, 1.807) is 24.3 Å². The van der Waals surface area contributed by atoms with Gasteiger partial charge in [0.05, 0.1) is 5.56 Å². The second-order valence-electron chi connectivity index (χ2n) is 8.75. The first-order chi connectivity index (χ1) is 15.7. The summed E-state index contributed by atoms with van der Waals surface area (Å²) < 4.78 is 43.4. The van der Waals surface area contributed by atoms with E-state index in [2.05, 4.69) is 29.2 Å². The molecule has 34 heavy (non-hydrogen) atoms. The van der Waals surface area contributed by atoms with Crippen LogP contribution in [0, 0.1) is 0 Å². The molecular weight excluding hydrogens is 467 g/mol. The molecule has 2 aromatic carbocycles. The predicted molar refractivity (Wildman–Crippen MR) is 130 cm³/mol. The Hall–Kier alpha value is -2.29. The number of carbonyl (C=O) groups is 1. The van der Waals surface area contributed by atoms with Gasteiger partial charge in [0.15, 0.2) is 0 Å². The first-order valence-electron chi connectivity index (χ1n) is 11.3. The zero-order valence-electron chi connectivity index (χ0n) is 19.6. The Labute approximate surface area is 205 Å². The maximum absolute atomic E-state index is 12.6. The zero-order chi connectivity index (χ0) is 23.8. The van der Waals surface area contributed by atoms with Gasteiger partial charge in [0.25, 0.3) is 5.91 Å². The molecule has 1 N–H and O–H groups in total. The Morgan fingerprint density at radius 3 is 2.24 bits per heavy atom. The number of nitrogens with zero attached hydrogens (tertiary/aromatic N) is 2. The smallest absolute Gasteiger partial charge is 0.416 e. The van der Waals surface area contributed by atoms with Gasteiger partial charge < -0.3 is 19.9 Å². The van der Waals surface area contributed by atoms with Gasteiger partial charge in [-0.3, -0.25) is 4.79 Å². The van der Waals surface area contributed by atoms with Crippen LogP contribution in [-0.2, 0) is 12.8 Å². The number of hydrogen-bond acceptors (Lipinski definition) is 4. The second-order valence-corrected chi connectivity index (χ2v) is 8.75. The number of rotatable bonds is 9. The largest absolute Gasteiger partial charge is 0.489 e. The van der Waals surface area contributed by atoms with E-state index in [-0.39, 0.29) is 31.0 Å². The van der Waals surface area contributed by atoms with Gasteiger partial charge in [-0.05, 0) is 88.4 Å². The number of halogens is 4. The monoisotopic (exact) mass is 499 g/mol. The third-order valence-corrected chi connectivity index (χ3v) is 5.81. The van der Waals surface area contributed by atoms with Crippen molar-refractivity contribution in [1.82, 2.24) is 15.1 Å². The predicted octanol–water partition coefficient (Wildman–Crippen LogP) is 4.85. The molecule has 0 unspecified atom stereocenters. The molecule has 3 rings (SSSR count). The van der Waals surface area contributed by atoms with Crippen LogP contribution in [-0.4, -0.2) is 62.0 Å². The quantitative estimate of drug-likeness (QED) is 0.535. The average Bonchev–Trinajstić information content (AvgIpc) is 2.78. The van der Waals surface area contributed by atoms with Crippen molar-refractivity contribution in [3.63, 3.8) is 0 Å². The maximum Gasteiger partial charge on any atom is 0.416 e. The highest BCUT2D eigenvalue weighted by molar-refractivity contribution is 5.94. The van der Waals surface area contributed by atoms with Crippen molar-refractivity contribution < 1.29 is 22.7 Å². The summed E-state index contributed by atoms with van der Waals surface area (Å²) in [4.78, 5) is 17.2. The Balaban J connectivity index is 0.00000408. The number of alkyl halides is 3. The molecule has 5 nitrogen and oxygen atoms in total. The number of piperidine rings is 1. The summed E-state index contributed by atoms with van der Waals surface area (Å²) >= 11 is 0. The highest BCUT2D eigenvalue weighted by Crippen LogP contribution is 2.30. The number of ether oxygens (including phenoxy) is 1. The van der Waals surface area contributed by atoms with Gasteiger partial charge >= 0.3 is 6.18 Å². The number of benzene rings is 2. The number of likely N-dealkylation sites (tertiary alicyclic amines) is 1. The third-order valence-electron chi connectivity index (χ3n) is 5.81. The van der Waals surface area contributed by atoms with Crippen LogP contribution in [0.4, 0.5) is 13.2 Å². The molecule has 1 aliphatic heterocycles. The number of amides is 1. The van der Waals surface area contributed by atoms with Crippen LogP contribution in [0.2, 0.25) is 0 Å². The van der Waals surface area contributed by atoms with Crippen molar-refractivity contribution >= 4 is 18.3 Å². The van der Waals surface area contributed by atoms with E-state index >= 15 is 0 Å². The molecule has 0 aromatic heterocycles. The molecule has 0 aliphatic carbocycles. The molecule has 0 atom stereocenters. The molecule has 1 fully saturated rings. The molecule has 0 saturated carbocycles. The lowest BCUT2D eigenvalue weighted by Gasteiger charge is -2.32. The van der Waals surface area contributed by atoms with Crippen molar-refractivity contribution in [2.75, 3.05) is 40.3 Å². The van der Waals surface area contributed by atoms with E-state index < -0.39 is 11.7 Å². The first-order valence-corrected chi connectivity index (χ1v) is 11.3. The van der Waals surface area contributed by atoms with Crippen LogP contribution in [0.25, 0.3) is 0 Å². The molecule has 1 amide bonds. The fraction of sp³-hybridized carbons (Fsp3) is 0.480. The van der Waals surface area contributed by atoms with Crippen LogP contribution in [0.15, 0.2) is 48.5 Å². The number of hydrogen-bond donors (Lipinski definition) is 1. The molecule has 1 saturated heterocycles. The molecule has 188 valence electrons. The average molecular weight is 500 g/mol. The highest BCUT2D eigenvalue weighted by atomic mass is 35.5. The van der Waals surface area contributed by atoms with Crippen LogP contribution in [0.5, 0.6) is 5.75 Å². The summed E-state index contributed by atoms with van der Waals surface area (Å²) in [6, 6.07) is 11.9. The van der Waals surface area contributed by atoms with Gasteiger partial charge in [0.1, 0.15) is 12.4 Å². The lowest BCUT2D eigenvalue weighted by atomic mass is 10.0. The zero-order valence-corrected chi connectivity index (χ0v) is 20.4. The highest BCUT2D eigenvalue weighted by Gasteiger charge is 2.30. The summed E-state index contributed by atoms with van der Waals surface area (Å²) in [6.07, 6.45) is -1.31. The first kappa shape index (κ1) is 28.0. The summed E-state index contributed by atoms with van der Waals surface area (Å²) in [5, 5.41) is 3.13. The maximum atomic E-state index is 12.6. The molecular formula is C25H33ClF3N3O2. The Morgan fingerprint density at radius 2 is 1.68 bits per heavy atom. The summed E-state index contributed by atoms with van der Waals surface area (Å²) in [7, 11) is 4.17. The van der Waals surface area contributed by atoms with Crippen molar-refractivity contribution in [2.45, 2.75) is 38.1 Å². The van der Waals surface area contributed by atoms with Crippen LogP contribution >= 0.6 is 12.4 Å². The minimum Gasteiger partial charge on any atom is -0.489 e. The van der Waals surface area contributed by atoms with Crippen molar-refractivity contribution in [1.29, 1.82) is 0 Å². The van der Waals surface area contributed by atoms with Gasteiger partial charge in [0.2, 0.25) is 0 Å². The fourth-order valence-electron chi connectivity index (χ4n) is 3.84. The fourth-order valence-corrected chi connectivity index (χ4v) is 3.84. The summed E-state index contributed by atoms with van der Waals surface area (Å²) in [5.41, 5.74) is 0.708. The van der Waals surface area contributed by atoms with Crippen LogP contribution in [0.3, 0.4) is 0 Å². The van der Waals surface area contributed by atoms with Crippen LogP contribution < -0.4 is 10.1 Å². The lowest BCUT2D eigenvalue weighted by Crippen LogP contribution is -2.45. The number of carbonyl (C=O) groups excluding carboxylic acids is 1.